The van der Waals surface area contributed by atoms with E-state index in [0.717, 1.165) is 12.0 Å². The maximum absolute atomic E-state index is 12.6. The molecule has 2 amide bonds. The maximum Gasteiger partial charge on any atom is 0.295 e. The van der Waals surface area contributed by atoms with Crippen LogP contribution in [0.4, 0.5) is 0 Å². The topological polar surface area (TPSA) is 87.6 Å². The molecule has 170 valence electrons. The van der Waals surface area contributed by atoms with Crippen molar-refractivity contribution >= 4 is 23.3 Å². The van der Waals surface area contributed by atoms with Crippen LogP contribution in [0.1, 0.15) is 35.2 Å². The van der Waals surface area contributed by atoms with Crippen LogP contribution in [0.15, 0.2) is 65.8 Å². The zero-order chi connectivity index (χ0) is 23.4. The summed E-state index contributed by atoms with van der Waals surface area (Å²) in [4.78, 5) is 37.0. The molecule has 2 rings (SSSR count). The van der Waals surface area contributed by atoms with Crippen LogP contribution in [0.25, 0.3) is 0 Å². The molecule has 7 heteroatoms. The van der Waals surface area contributed by atoms with E-state index in [1.165, 1.54) is 0 Å². The predicted octanol–water partition coefficient (Wildman–Crippen LogP) is 2.58. The quantitative estimate of drug-likeness (QED) is 0.232. The van der Waals surface area contributed by atoms with Crippen molar-refractivity contribution in [2.45, 2.75) is 25.7 Å². The minimum absolute atomic E-state index is 0.0476. The van der Waals surface area contributed by atoms with Gasteiger partial charge in [0, 0.05) is 24.2 Å². The van der Waals surface area contributed by atoms with E-state index in [0.29, 0.717) is 28.7 Å². The monoisotopic (exact) mass is 437 g/mol. The molecule has 7 nitrogen and oxygen atoms in total. The fourth-order valence-electron chi connectivity index (χ4n) is 3.04. The van der Waals surface area contributed by atoms with Crippen LogP contribution in [0.5, 0.6) is 0 Å². The minimum Gasteiger partial charge on any atom is -0.356 e. The summed E-state index contributed by atoms with van der Waals surface area (Å²) in [5.74, 6) is -0.456. The molecule has 0 atom stereocenters. The van der Waals surface area contributed by atoms with Gasteiger partial charge in [-0.05, 0) is 18.4 Å². The Morgan fingerprint density at radius 1 is 0.844 bits per heavy atom. The van der Waals surface area contributed by atoms with Crippen molar-refractivity contribution in [2.24, 2.45) is 5.10 Å². The van der Waals surface area contributed by atoms with Gasteiger partial charge in [0.1, 0.15) is 0 Å². The Hall–Kier alpha value is -3.32. The molecule has 2 aromatic rings. The van der Waals surface area contributed by atoms with Crippen molar-refractivity contribution < 1.29 is 18.9 Å². The third-order valence-electron chi connectivity index (χ3n) is 4.64. The summed E-state index contributed by atoms with van der Waals surface area (Å²) < 4.78 is 0.462. The summed E-state index contributed by atoms with van der Waals surface area (Å²) in [6.45, 7) is 0.794. The van der Waals surface area contributed by atoms with Crippen molar-refractivity contribution in [1.29, 1.82) is 0 Å². The number of hydrogen-bond acceptors (Lipinski definition) is 4. The second-order valence-corrected chi connectivity index (χ2v) is 8.71. The molecular weight excluding hydrogens is 404 g/mol. The van der Waals surface area contributed by atoms with E-state index in [9.17, 15) is 14.4 Å². The predicted molar refractivity (Wildman–Crippen MR) is 126 cm³/mol. The Kier molecular flexibility index (Phi) is 9.76. The molecule has 0 aliphatic heterocycles. The van der Waals surface area contributed by atoms with Crippen LogP contribution in [0, 0.1) is 0 Å². The van der Waals surface area contributed by atoms with Crippen molar-refractivity contribution in [3.63, 3.8) is 0 Å². The van der Waals surface area contributed by atoms with Crippen LogP contribution in [-0.4, -0.2) is 62.0 Å². The molecular formula is C25H33N4O3+. The number of hydrogen-bond donors (Lipinski definition) is 2. The molecule has 0 bridgehead atoms. The molecule has 2 N–H and O–H groups in total. The van der Waals surface area contributed by atoms with Crippen LogP contribution >= 0.6 is 0 Å². The van der Waals surface area contributed by atoms with E-state index in [2.05, 4.69) is 15.8 Å². The minimum atomic E-state index is -0.241. The lowest BCUT2D eigenvalue weighted by Crippen LogP contribution is -2.43. The normalized spacial score (nSPS) is 11.7. The lowest BCUT2D eigenvalue weighted by atomic mass is 10.0. The van der Waals surface area contributed by atoms with E-state index in [-0.39, 0.29) is 37.0 Å². The number of amides is 2. The first-order valence-corrected chi connectivity index (χ1v) is 10.8. The van der Waals surface area contributed by atoms with E-state index in [4.69, 9.17) is 0 Å². The van der Waals surface area contributed by atoms with Gasteiger partial charge in [-0.3, -0.25) is 14.4 Å². The second kappa shape index (κ2) is 12.5. The molecule has 32 heavy (non-hydrogen) atoms. The van der Waals surface area contributed by atoms with Gasteiger partial charge in [-0.2, -0.15) is 5.10 Å². The highest BCUT2D eigenvalue weighted by atomic mass is 16.2. The Morgan fingerprint density at radius 3 is 2.09 bits per heavy atom. The first kappa shape index (κ1) is 24.9. The van der Waals surface area contributed by atoms with E-state index in [1.54, 1.807) is 24.3 Å². The number of carbonyl (C=O) groups excluding carboxylic acids is 3. The number of hydrazone groups is 1. The standard InChI is InChI=1S/C25H32N4O3/c1-29(2,3)19-25(32)28-27-22(18-23(30)21-12-8-5-9-13-21)14-15-24(31)26-17-16-20-10-6-4-7-11-20/h4-13H,14-19H2,1-3H3,(H-,26,28,31,32)/p+1/b27-22+. The number of benzene rings is 2. The van der Waals surface area contributed by atoms with Crippen LogP contribution < -0.4 is 10.7 Å². The lowest BCUT2D eigenvalue weighted by molar-refractivity contribution is -0.862. The van der Waals surface area contributed by atoms with Gasteiger partial charge in [0.15, 0.2) is 12.3 Å². The average Bonchev–Trinajstić information content (AvgIpc) is 2.75. The summed E-state index contributed by atoms with van der Waals surface area (Å²) in [6.07, 6.45) is 1.29. The van der Waals surface area contributed by atoms with Gasteiger partial charge in [0.25, 0.3) is 5.91 Å². The first-order valence-electron chi connectivity index (χ1n) is 10.8. The zero-order valence-electron chi connectivity index (χ0n) is 19.1. The van der Waals surface area contributed by atoms with Crippen LogP contribution in [0.2, 0.25) is 0 Å². The van der Waals surface area contributed by atoms with E-state index < -0.39 is 0 Å². The van der Waals surface area contributed by atoms with E-state index in [1.807, 2.05) is 57.5 Å². The third kappa shape index (κ3) is 10.1. The highest BCUT2D eigenvalue weighted by Gasteiger charge is 2.16. The van der Waals surface area contributed by atoms with Gasteiger partial charge >= 0.3 is 0 Å². The van der Waals surface area contributed by atoms with Crippen molar-refractivity contribution in [3.05, 3.63) is 71.8 Å². The molecule has 0 aromatic heterocycles. The summed E-state index contributed by atoms with van der Waals surface area (Å²) in [6, 6.07) is 18.9. The number of Topliss-reactive ketones (excluding diaryl/α,β-unsaturated/α-hetero) is 1. The summed E-state index contributed by atoms with van der Waals surface area (Å²) >= 11 is 0. The Bertz CT molecular complexity index is 919. The molecule has 0 spiro atoms. The smallest absolute Gasteiger partial charge is 0.295 e. The van der Waals surface area contributed by atoms with Gasteiger partial charge in [0.2, 0.25) is 5.91 Å². The summed E-state index contributed by atoms with van der Waals surface area (Å²) in [5, 5.41) is 7.08. The number of quaternary nitrogens is 1. The Morgan fingerprint density at radius 2 is 1.47 bits per heavy atom. The molecule has 0 aliphatic carbocycles. The van der Waals surface area contributed by atoms with Gasteiger partial charge < -0.3 is 9.80 Å². The highest BCUT2D eigenvalue weighted by molar-refractivity contribution is 6.10. The molecule has 0 saturated carbocycles. The first-order chi connectivity index (χ1) is 15.2. The van der Waals surface area contributed by atoms with Crippen molar-refractivity contribution in [2.75, 3.05) is 34.2 Å². The van der Waals surface area contributed by atoms with Gasteiger partial charge in [0.05, 0.1) is 27.6 Å². The molecule has 0 aliphatic rings. The fourth-order valence-corrected chi connectivity index (χ4v) is 3.04. The van der Waals surface area contributed by atoms with Crippen LogP contribution in [0.3, 0.4) is 0 Å². The third-order valence-corrected chi connectivity index (χ3v) is 4.64. The average molecular weight is 438 g/mol. The van der Waals surface area contributed by atoms with Gasteiger partial charge in [-0.1, -0.05) is 60.7 Å². The number of ketones is 1. The largest absolute Gasteiger partial charge is 0.356 e. The molecule has 0 heterocycles. The number of nitrogens with zero attached hydrogens (tertiary/aromatic N) is 2. The summed E-state index contributed by atoms with van der Waals surface area (Å²) in [7, 11) is 5.72. The molecule has 0 fully saturated rings. The maximum atomic E-state index is 12.6. The van der Waals surface area contributed by atoms with E-state index >= 15 is 0 Å². The Balaban J connectivity index is 1.92. The molecule has 0 saturated heterocycles. The number of carbonyl (C=O) groups is 3. The lowest BCUT2D eigenvalue weighted by Gasteiger charge is -2.22. The van der Waals surface area contributed by atoms with Crippen LogP contribution in [-0.2, 0) is 16.0 Å². The number of likely N-dealkylation sites (N-methyl/N-ethyl adjacent to an activating group) is 1. The van der Waals surface area contributed by atoms with Crippen molar-refractivity contribution in [3.8, 4) is 0 Å². The second-order valence-electron chi connectivity index (χ2n) is 8.71. The fraction of sp³-hybridized carbons (Fsp3) is 0.360. The molecule has 0 unspecified atom stereocenters. The molecule has 2 aromatic carbocycles. The number of nitrogens with one attached hydrogen (secondary N) is 2. The van der Waals surface area contributed by atoms with Crippen molar-refractivity contribution in [1.82, 2.24) is 10.7 Å². The number of rotatable bonds is 12. The zero-order valence-corrected chi connectivity index (χ0v) is 19.1. The van der Waals surface area contributed by atoms with Gasteiger partial charge in [-0.15, -0.1) is 0 Å². The SMILES string of the molecule is C[N+](C)(C)CC(=O)N/N=C(\CCC(=O)NCCc1ccccc1)CC(=O)c1ccccc1. The highest BCUT2D eigenvalue weighted by Crippen LogP contribution is 2.07. The Labute approximate surface area is 190 Å². The van der Waals surface area contributed by atoms with Gasteiger partial charge in [-0.25, -0.2) is 5.43 Å². The molecule has 0 radical (unpaired) electrons. The summed E-state index contributed by atoms with van der Waals surface area (Å²) in [5.41, 5.74) is 4.74.